The highest BCUT2D eigenvalue weighted by molar-refractivity contribution is 7.39. The second-order valence-corrected chi connectivity index (χ2v) is 7.73. The van der Waals surface area contributed by atoms with Gasteiger partial charge in [-0.3, -0.25) is 10.3 Å². The lowest BCUT2D eigenvalue weighted by Gasteiger charge is -2.38. The van der Waals surface area contributed by atoms with Crippen molar-refractivity contribution < 1.29 is 4.74 Å². The van der Waals surface area contributed by atoms with Crippen LogP contribution in [0.2, 0.25) is 0 Å². The summed E-state index contributed by atoms with van der Waals surface area (Å²) in [7, 11) is 2.33. The van der Waals surface area contributed by atoms with Gasteiger partial charge in [-0.05, 0) is 46.7 Å². The molecule has 1 saturated heterocycles. The summed E-state index contributed by atoms with van der Waals surface area (Å²) in [5, 5.41) is 7.69. The number of piperazine rings is 1. The first kappa shape index (κ1) is 22.4. The Labute approximate surface area is 172 Å². The maximum atomic E-state index is 7.69. The van der Waals surface area contributed by atoms with Gasteiger partial charge in [0.15, 0.2) is 5.64 Å². The lowest BCUT2D eigenvalue weighted by molar-refractivity contribution is 0.123. The molecule has 2 atom stereocenters. The average molecular weight is 400 g/mol. The highest BCUT2D eigenvalue weighted by Gasteiger charge is 2.22. The Morgan fingerprint density at radius 1 is 1.21 bits per heavy atom. The number of hydrogen-bond donors (Lipinski definition) is 1. The van der Waals surface area contributed by atoms with Crippen molar-refractivity contribution in [1.82, 2.24) is 9.80 Å². The summed E-state index contributed by atoms with van der Waals surface area (Å²) < 4.78 is 5.76. The third-order valence-electron chi connectivity index (χ3n) is 5.32. The van der Waals surface area contributed by atoms with Crippen LogP contribution in [0.15, 0.2) is 65.9 Å². The molecule has 0 bridgehead atoms. The second-order valence-electron chi connectivity index (χ2n) is 7.21. The van der Waals surface area contributed by atoms with Gasteiger partial charge in [-0.2, -0.15) is 0 Å². The van der Waals surface area contributed by atoms with E-state index in [1.165, 1.54) is 16.8 Å². The zero-order valence-electron chi connectivity index (χ0n) is 17.4. The van der Waals surface area contributed by atoms with Crippen molar-refractivity contribution in [3.63, 3.8) is 0 Å². The predicted octanol–water partition coefficient (Wildman–Crippen LogP) is 4.99. The van der Waals surface area contributed by atoms with E-state index in [1.807, 2.05) is 24.3 Å². The summed E-state index contributed by atoms with van der Waals surface area (Å²) in [6.07, 6.45) is 4.93. The van der Waals surface area contributed by atoms with E-state index < -0.39 is 0 Å². The third kappa shape index (κ3) is 6.32. The van der Waals surface area contributed by atoms with Crippen LogP contribution in [0.1, 0.15) is 38.9 Å². The van der Waals surface area contributed by atoms with Crippen LogP contribution in [0.25, 0.3) is 0 Å². The normalized spacial score (nSPS) is 17.7. The van der Waals surface area contributed by atoms with E-state index in [1.54, 1.807) is 0 Å². The second kappa shape index (κ2) is 11.2. The summed E-state index contributed by atoms with van der Waals surface area (Å²) in [6, 6.07) is 10.2. The van der Waals surface area contributed by atoms with Gasteiger partial charge in [0.05, 0.1) is 0 Å². The van der Waals surface area contributed by atoms with Gasteiger partial charge in [0.2, 0.25) is 0 Å². The molecule has 1 N–H and O–H groups in total. The van der Waals surface area contributed by atoms with Crippen LogP contribution in [0.5, 0.6) is 0 Å². The Hall–Kier alpha value is -1.90. The maximum absolute atomic E-state index is 7.69. The Morgan fingerprint density at radius 2 is 1.86 bits per heavy atom. The summed E-state index contributed by atoms with van der Waals surface area (Å²) in [5.41, 5.74) is 5.18. The van der Waals surface area contributed by atoms with Crippen LogP contribution in [-0.2, 0) is 4.74 Å². The summed E-state index contributed by atoms with van der Waals surface area (Å²) in [6.45, 7) is 15.4. The van der Waals surface area contributed by atoms with Crippen molar-refractivity contribution in [3.8, 4) is 0 Å². The lowest BCUT2D eigenvalue weighted by Crippen LogP contribution is -2.46. The Kier molecular flexibility index (Phi) is 8.95. The van der Waals surface area contributed by atoms with Gasteiger partial charge in [0.1, 0.15) is 6.10 Å². The van der Waals surface area contributed by atoms with Crippen LogP contribution in [0, 0.1) is 5.41 Å². The fraction of sp³-hybridized carbons (Fsp3) is 0.435. The summed E-state index contributed by atoms with van der Waals surface area (Å²) >= 11 is 0. The van der Waals surface area contributed by atoms with E-state index in [0.29, 0.717) is 0 Å². The standard InChI is InChI=1S/C23H34N3OP/c1-5-18(3)22(19(4)6-2)26-16-14-25(15-17-26)13-12-21(27-23(24)28)20-10-8-7-9-11-20/h5-11,21,24H,1,12-17,28H2,2-4H3/b19-6-,22-18+,24-23?. The molecule has 152 valence electrons. The molecule has 0 aliphatic carbocycles. The topological polar surface area (TPSA) is 39.6 Å². The first-order valence-electron chi connectivity index (χ1n) is 9.95. The summed E-state index contributed by atoms with van der Waals surface area (Å²) in [4.78, 5) is 4.97. The fourth-order valence-electron chi connectivity index (χ4n) is 3.65. The van der Waals surface area contributed by atoms with Gasteiger partial charge in [-0.25, -0.2) is 0 Å². The third-order valence-corrected chi connectivity index (χ3v) is 5.46. The minimum Gasteiger partial charge on any atom is -0.470 e. The summed E-state index contributed by atoms with van der Waals surface area (Å²) in [5.74, 6) is 0. The van der Waals surface area contributed by atoms with Gasteiger partial charge in [0.25, 0.3) is 0 Å². The van der Waals surface area contributed by atoms with E-state index in [4.69, 9.17) is 10.1 Å². The van der Waals surface area contributed by atoms with Gasteiger partial charge < -0.3 is 9.64 Å². The van der Waals surface area contributed by atoms with Gasteiger partial charge in [-0.15, -0.1) is 0 Å². The molecule has 2 rings (SSSR count). The van der Waals surface area contributed by atoms with Crippen molar-refractivity contribution in [2.45, 2.75) is 33.3 Å². The van der Waals surface area contributed by atoms with Crippen molar-refractivity contribution >= 4 is 14.9 Å². The van der Waals surface area contributed by atoms with E-state index >= 15 is 0 Å². The molecule has 5 heteroatoms. The van der Waals surface area contributed by atoms with Crippen molar-refractivity contribution in [2.75, 3.05) is 32.7 Å². The highest BCUT2D eigenvalue weighted by Crippen LogP contribution is 2.25. The number of nitrogens with zero attached hydrogens (tertiary/aromatic N) is 2. The van der Waals surface area contributed by atoms with Crippen molar-refractivity contribution in [2.24, 2.45) is 0 Å². The molecule has 1 fully saturated rings. The number of nitrogens with one attached hydrogen (secondary N) is 1. The zero-order chi connectivity index (χ0) is 20.5. The van der Waals surface area contributed by atoms with Crippen LogP contribution >= 0.6 is 9.24 Å². The van der Waals surface area contributed by atoms with E-state index in [-0.39, 0.29) is 11.7 Å². The molecule has 4 nitrogen and oxygen atoms in total. The number of rotatable bonds is 8. The van der Waals surface area contributed by atoms with E-state index in [9.17, 15) is 0 Å². The Bertz CT molecular complexity index is 719. The lowest BCUT2D eigenvalue weighted by atomic mass is 10.0. The molecule has 0 amide bonds. The molecule has 0 spiro atoms. The number of allylic oxidation sites excluding steroid dienone is 4. The largest absolute Gasteiger partial charge is 0.470 e. The highest BCUT2D eigenvalue weighted by atomic mass is 31.0. The van der Waals surface area contributed by atoms with Crippen LogP contribution in [0.3, 0.4) is 0 Å². The first-order chi connectivity index (χ1) is 13.5. The molecular weight excluding hydrogens is 365 g/mol. The maximum Gasteiger partial charge on any atom is 0.197 e. The molecule has 1 aliphatic heterocycles. The zero-order valence-corrected chi connectivity index (χ0v) is 18.6. The quantitative estimate of drug-likeness (QED) is 0.290. The van der Waals surface area contributed by atoms with Gasteiger partial charge in [-0.1, -0.05) is 49.1 Å². The minimum absolute atomic E-state index is 0.0760. The average Bonchev–Trinajstić information content (AvgIpc) is 2.72. The molecule has 1 heterocycles. The molecule has 1 aromatic rings. The SMILES string of the molecule is C=C/C(C)=C(\C(C)=C/C)N1CCN(CCC(OC(=N)P)c2ccccc2)CC1. The van der Waals surface area contributed by atoms with Crippen LogP contribution < -0.4 is 0 Å². The Balaban J connectivity index is 1.96. The molecule has 0 saturated carbocycles. The minimum atomic E-state index is -0.0760. The molecule has 28 heavy (non-hydrogen) atoms. The van der Waals surface area contributed by atoms with E-state index in [2.05, 4.69) is 64.6 Å². The van der Waals surface area contributed by atoms with Crippen LogP contribution in [-0.4, -0.2) is 48.2 Å². The number of benzene rings is 1. The molecular formula is C23H34N3OP. The van der Waals surface area contributed by atoms with Crippen LogP contribution in [0.4, 0.5) is 0 Å². The molecule has 0 aromatic heterocycles. The molecule has 1 aromatic carbocycles. The van der Waals surface area contributed by atoms with E-state index in [0.717, 1.165) is 44.7 Å². The molecule has 0 radical (unpaired) electrons. The predicted molar refractivity (Wildman–Crippen MR) is 123 cm³/mol. The Morgan fingerprint density at radius 3 is 2.39 bits per heavy atom. The number of ether oxygens (including phenoxy) is 1. The van der Waals surface area contributed by atoms with Crippen molar-refractivity contribution in [3.05, 3.63) is 71.5 Å². The molecule has 1 aliphatic rings. The van der Waals surface area contributed by atoms with Gasteiger partial charge in [0, 0.05) is 44.8 Å². The monoisotopic (exact) mass is 399 g/mol. The smallest absolute Gasteiger partial charge is 0.197 e. The molecule has 2 unspecified atom stereocenters. The van der Waals surface area contributed by atoms with Crippen molar-refractivity contribution in [1.29, 1.82) is 5.41 Å². The fourth-order valence-corrected chi connectivity index (χ4v) is 3.82. The van der Waals surface area contributed by atoms with Gasteiger partial charge >= 0.3 is 0 Å². The number of hydrogen-bond acceptors (Lipinski definition) is 4. The first-order valence-corrected chi connectivity index (χ1v) is 10.5.